The maximum atomic E-state index is 16.6. The molecule has 2 aliphatic rings. The molecule has 0 saturated heterocycles. The molecule has 210 valence electrons. The molecule has 8 nitrogen and oxygen atoms in total. The monoisotopic (exact) mass is 551 g/mol. The van der Waals surface area contributed by atoms with E-state index in [4.69, 9.17) is 4.84 Å². The highest BCUT2D eigenvalue weighted by Gasteiger charge is 2.54. The minimum absolute atomic E-state index is 0.0126. The summed E-state index contributed by atoms with van der Waals surface area (Å²) >= 11 is 0. The zero-order chi connectivity index (χ0) is 28.8. The maximum absolute atomic E-state index is 16.6. The number of nitrogens with zero attached hydrogens (tertiary/aromatic N) is 4. The first kappa shape index (κ1) is 27.5. The van der Waals surface area contributed by atoms with Crippen molar-refractivity contribution in [3.8, 4) is 11.8 Å². The molecule has 0 spiro atoms. The molecule has 0 unspecified atom stereocenters. The van der Waals surface area contributed by atoms with Crippen molar-refractivity contribution in [3.05, 3.63) is 88.4 Å². The summed E-state index contributed by atoms with van der Waals surface area (Å²) in [4.78, 5) is 17.5. The van der Waals surface area contributed by atoms with Crippen LogP contribution in [0.1, 0.15) is 41.8 Å². The summed E-state index contributed by atoms with van der Waals surface area (Å²) in [7, 11) is 6.35. The van der Waals surface area contributed by atoms with Crippen molar-refractivity contribution in [2.45, 2.75) is 32.6 Å². The van der Waals surface area contributed by atoms with Crippen molar-refractivity contribution in [2.24, 2.45) is 0 Å². The summed E-state index contributed by atoms with van der Waals surface area (Å²) in [5, 5.41) is 19.4. The number of benzene rings is 1. The van der Waals surface area contributed by atoms with Crippen LogP contribution in [0.25, 0.3) is 6.08 Å². The van der Waals surface area contributed by atoms with Gasteiger partial charge in [-0.3, -0.25) is 0 Å². The molecule has 0 fully saturated rings. The Hall–Kier alpha value is -4.12. The highest BCUT2D eigenvalue weighted by molar-refractivity contribution is 6.58. The molecular weight excluding hydrogens is 517 g/mol. The van der Waals surface area contributed by atoms with Crippen molar-refractivity contribution in [2.75, 3.05) is 27.7 Å². The number of hydrogen-bond acceptors (Lipinski definition) is 4. The van der Waals surface area contributed by atoms with E-state index in [1.54, 1.807) is 13.0 Å². The van der Waals surface area contributed by atoms with E-state index in [2.05, 4.69) is 21.1 Å². The predicted molar refractivity (Wildman–Crippen MR) is 149 cm³/mol. The lowest BCUT2D eigenvalue weighted by atomic mass is 9.88. The van der Waals surface area contributed by atoms with E-state index in [0.717, 1.165) is 27.5 Å². The molecule has 0 radical (unpaired) electrons. The SMILES string of the molecule is Cc1cc(CCC(=O)On2c(O)ccc2O)n2c1C=C1C(CCC[N+](C)(C)C)=CC(c3ccccc3)=[N+]1[B-]2(F)F. The van der Waals surface area contributed by atoms with Crippen LogP contribution < -0.4 is 4.84 Å². The lowest BCUT2D eigenvalue weighted by molar-refractivity contribution is -0.870. The molecular formula is C29H34BF2N4O4+. The van der Waals surface area contributed by atoms with Crippen molar-refractivity contribution >= 4 is 24.7 Å². The molecule has 11 heteroatoms. The third-order valence-corrected chi connectivity index (χ3v) is 7.33. The van der Waals surface area contributed by atoms with Crippen LogP contribution in [-0.2, 0) is 11.2 Å². The van der Waals surface area contributed by atoms with Crippen LogP contribution in [0.15, 0.2) is 65.9 Å². The summed E-state index contributed by atoms with van der Waals surface area (Å²) in [5.41, 5.74) is 3.99. The van der Waals surface area contributed by atoms with Gasteiger partial charge in [0.25, 0.3) is 0 Å². The smallest absolute Gasteiger partial charge is 0.492 e. The summed E-state index contributed by atoms with van der Waals surface area (Å²) in [6.45, 7) is -1.58. The fourth-order valence-corrected chi connectivity index (χ4v) is 5.46. The Morgan fingerprint density at radius 2 is 1.70 bits per heavy atom. The molecule has 0 aliphatic carbocycles. The zero-order valence-electron chi connectivity index (χ0n) is 23.1. The number of aromatic hydroxyl groups is 2. The van der Waals surface area contributed by atoms with Gasteiger partial charge in [0.2, 0.25) is 11.8 Å². The topological polar surface area (TPSA) is 79.6 Å². The van der Waals surface area contributed by atoms with E-state index in [9.17, 15) is 15.0 Å². The number of carbonyl (C=O) groups is 1. The molecule has 40 heavy (non-hydrogen) atoms. The number of fused-ring (bicyclic) bond motifs is 2. The molecule has 0 amide bonds. The first-order valence-corrected chi connectivity index (χ1v) is 13.4. The lowest BCUT2D eigenvalue weighted by Gasteiger charge is -2.32. The Kier molecular flexibility index (Phi) is 6.95. The van der Waals surface area contributed by atoms with Crippen molar-refractivity contribution in [3.63, 3.8) is 0 Å². The maximum Gasteiger partial charge on any atom is 0.737 e. The first-order chi connectivity index (χ1) is 18.9. The van der Waals surface area contributed by atoms with Gasteiger partial charge in [-0.1, -0.05) is 18.2 Å². The van der Waals surface area contributed by atoms with Gasteiger partial charge in [0, 0.05) is 47.5 Å². The van der Waals surface area contributed by atoms with Crippen LogP contribution in [0.4, 0.5) is 8.63 Å². The highest BCUT2D eigenvalue weighted by atomic mass is 19.2. The van der Waals surface area contributed by atoms with Gasteiger partial charge in [0.15, 0.2) is 11.4 Å². The van der Waals surface area contributed by atoms with Crippen LogP contribution in [-0.4, -0.2) is 74.7 Å². The number of aryl methyl sites for hydroxylation is 2. The first-order valence-electron chi connectivity index (χ1n) is 13.4. The minimum Gasteiger partial charge on any atom is -0.492 e. The average molecular weight is 551 g/mol. The quantitative estimate of drug-likeness (QED) is 0.310. The van der Waals surface area contributed by atoms with Gasteiger partial charge < -0.3 is 37.1 Å². The number of quaternary nitrogens is 1. The highest BCUT2D eigenvalue weighted by Crippen LogP contribution is 2.39. The zero-order valence-corrected chi connectivity index (χ0v) is 23.1. The third kappa shape index (κ3) is 5.09. The number of halogens is 2. The van der Waals surface area contributed by atoms with Crippen LogP contribution in [0.3, 0.4) is 0 Å². The fraction of sp³-hybridized carbons (Fsp3) is 0.310. The molecule has 2 N–H and O–H groups in total. The van der Waals surface area contributed by atoms with Gasteiger partial charge in [0.1, 0.15) is 0 Å². The number of carbonyl (C=O) groups excluding carboxylic acids is 1. The fourth-order valence-electron chi connectivity index (χ4n) is 5.46. The second kappa shape index (κ2) is 10.1. The van der Waals surface area contributed by atoms with Gasteiger partial charge in [-0.05, 0) is 49.2 Å². The standard InChI is InChI=1S/C29H33BF2N4O4/c1-20-17-23(12-15-29(39)40-35-27(37)13-14-28(35)38)33-24(20)19-26-22(11-8-16-36(2,3)4)18-25(34(26)30(33,31)32)21-9-6-5-7-10-21/h5-7,9-10,13-14,17-19H,8,11-12,15-16H2,1-4H3,(H-,37,38)/p+1. The van der Waals surface area contributed by atoms with E-state index in [-0.39, 0.29) is 12.8 Å². The average Bonchev–Trinajstić information content (AvgIpc) is 3.53. The van der Waals surface area contributed by atoms with Gasteiger partial charge >= 0.3 is 12.9 Å². The summed E-state index contributed by atoms with van der Waals surface area (Å²) in [6, 6.07) is 13.2. The molecule has 4 heterocycles. The number of allylic oxidation sites excluding steroid dienone is 2. The minimum atomic E-state index is -4.29. The Balaban J connectivity index is 1.49. The van der Waals surface area contributed by atoms with Crippen molar-refractivity contribution < 1.29 is 37.4 Å². The molecule has 5 rings (SSSR count). The largest absolute Gasteiger partial charge is 0.737 e. The van der Waals surface area contributed by atoms with Crippen LogP contribution in [0.5, 0.6) is 11.8 Å². The summed E-state index contributed by atoms with van der Waals surface area (Å²) in [5.74, 6) is -1.68. The van der Waals surface area contributed by atoms with Crippen molar-refractivity contribution in [1.29, 1.82) is 0 Å². The second-order valence-corrected chi connectivity index (χ2v) is 11.4. The molecule has 1 aromatic carbocycles. The van der Waals surface area contributed by atoms with E-state index in [1.807, 2.05) is 42.5 Å². The van der Waals surface area contributed by atoms with Gasteiger partial charge in [0.05, 0.1) is 34.1 Å². The number of aromatic nitrogens is 2. The number of hydrogen-bond donors (Lipinski definition) is 2. The second-order valence-electron chi connectivity index (χ2n) is 11.4. The van der Waals surface area contributed by atoms with Crippen molar-refractivity contribution in [1.82, 2.24) is 9.21 Å². The summed E-state index contributed by atoms with van der Waals surface area (Å²) < 4.78 is 36.9. The van der Waals surface area contributed by atoms with E-state index in [1.165, 1.54) is 16.6 Å². The Labute approximate surface area is 231 Å². The Morgan fingerprint density at radius 1 is 1.02 bits per heavy atom. The van der Waals surface area contributed by atoms with Crippen LogP contribution >= 0.6 is 0 Å². The molecule has 2 aliphatic heterocycles. The lowest BCUT2D eigenvalue weighted by Crippen LogP contribution is -2.51. The molecule has 0 bridgehead atoms. The third-order valence-electron chi connectivity index (χ3n) is 7.33. The Bertz CT molecular complexity index is 1540. The van der Waals surface area contributed by atoms with E-state index >= 15 is 8.63 Å². The molecule has 3 aromatic rings. The predicted octanol–water partition coefficient (Wildman–Crippen LogP) is 4.10. The molecule has 0 atom stereocenters. The molecule has 0 saturated carbocycles. The van der Waals surface area contributed by atoms with Gasteiger partial charge in [-0.15, -0.1) is 4.73 Å². The number of rotatable bonds is 9. The summed E-state index contributed by atoms with van der Waals surface area (Å²) in [6.07, 6.45) is 5.02. The van der Waals surface area contributed by atoms with Crippen LogP contribution in [0.2, 0.25) is 0 Å². The van der Waals surface area contributed by atoms with E-state index < -0.39 is 24.7 Å². The Morgan fingerprint density at radius 3 is 2.35 bits per heavy atom. The van der Waals surface area contributed by atoms with Gasteiger partial charge in [-0.25, -0.2) is 4.79 Å². The molecule has 2 aromatic heterocycles. The van der Waals surface area contributed by atoms with Crippen LogP contribution in [0, 0.1) is 6.92 Å². The van der Waals surface area contributed by atoms with E-state index in [0.29, 0.717) is 45.1 Å². The normalized spacial score (nSPS) is 15.9. The van der Waals surface area contributed by atoms with Gasteiger partial charge in [-0.2, -0.15) is 0 Å².